The molecule has 6 nitrogen and oxygen atoms in total. The fourth-order valence-electron chi connectivity index (χ4n) is 1.81. The third-order valence-corrected chi connectivity index (χ3v) is 3.65. The molecule has 0 fully saturated rings. The van der Waals surface area contributed by atoms with Crippen LogP contribution in [-0.4, -0.2) is 43.0 Å². The van der Waals surface area contributed by atoms with Crippen LogP contribution in [0.2, 0.25) is 0 Å². The standard InChI is InChI=1S/C14H19N3O3S/c1-10-4-5-11(2)13(6-10)20-8-12(18)7-17-9-15-14(16-17)21(3)19/h4-6,9,12,18H,7-8H2,1-3H3/t12-,21+/m1/s1. The van der Waals surface area contributed by atoms with Crippen molar-refractivity contribution in [3.8, 4) is 5.75 Å². The largest absolute Gasteiger partial charge is 0.491 e. The molecule has 2 rings (SSSR count). The highest BCUT2D eigenvalue weighted by atomic mass is 32.2. The number of hydrogen-bond acceptors (Lipinski definition) is 5. The van der Waals surface area contributed by atoms with Gasteiger partial charge < -0.3 is 9.84 Å². The molecule has 0 saturated heterocycles. The van der Waals surface area contributed by atoms with E-state index in [1.807, 2.05) is 32.0 Å². The second kappa shape index (κ2) is 6.82. The summed E-state index contributed by atoms with van der Waals surface area (Å²) in [6, 6.07) is 5.94. The van der Waals surface area contributed by atoms with Gasteiger partial charge in [-0.25, -0.2) is 9.67 Å². The fourth-order valence-corrected chi connectivity index (χ4v) is 2.23. The molecule has 0 unspecified atom stereocenters. The summed E-state index contributed by atoms with van der Waals surface area (Å²) in [6.07, 6.45) is 2.25. The highest BCUT2D eigenvalue weighted by molar-refractivity contribution is 7.84. The molecule has 0 spiro atoms. The van der Waals surface area contributed by atoms with Crippen molar-refractivity contribution in [2.24, 2.45) is 0 Å². The molecule has 2 atom stereocenters. The lowest BCUT2D eigenvalue weighted by molar-refractivity contribution is 0.0886. The van der Waals surface area contributed by atoms with Crippen LogP contribution in [0.1, 0.15) is 11.1 Å². The summed E-state index contributed by atoms with van der Waals surface area (Å²) in [4.78, 5) is 3.91. The Morgan fingerprint density at radius 2 is 2.19 bits per heavy atom. The summed E-state index contributed by atoms with van der Waals surface area (Å²) in [5, 5.41) is 14.3. The third kappa shape index (κ3) is 4.37. The normalized spacial score (nSPS) is 13.9. The number of nitrogens with zero attached hydrogens (tertiary/aromatic N) is 3. The van der Waals surface area contributed by atoms with Crippen molar-refractivity contribution in [3.63, 3.8) is 0 Å². The summed E-state index contributed by atoms with van der Waals surface area (Å²) >= 11 is 0. The van der Waals surface area contributed by atoms with Gasteiger partial charge in [0.15, 0.2) is 0 Å². The van der Waals surface area contributed by atoms with Crippen LogP contribution < -0.4 is 4.74 Å². The lowest BCUT2D eigenvalue weighted by Crippen LogP contribution is -2.24. The predicted octanol–water partition coefficient (Wildman–Crippen LogP) is 1.07. The quantitative estimate of drug-likeness (QED) is 0.864. The summed E-state index contributed by atoms with van der Waals surface area (Å²) in [5.74, 6) is 0.767. The number of aliphatic hydroxyl groups excluding tert-OH is 1. The molecule has 0 aliphatic rings. The molecule has 2 aromatic rings. The number of aromatic nitrogens is 3. The van der Waals surface area contributed by atoms with Crippen LogP contribution in [0, 0.1) is 13.8 Å². The van der Waals surface area contributed by atoms with E-state index in [1.165, 1.54) is 17.3 Å². The summed E-state index contributed by atoms with van der Waals surface area (Å²) in [6.45, 7) is 4.36. The van der Waals surface area contributed by atoms with Gasteiger partial charge in [0.2, 0.25) is 5.16 Å². The van der Waals surface area contributed by atoms with Crippen molar-refractivity contribution < 1.29 is 14.1 Å². The zero-order valence-corrected chi connectivity index (χ0v) is 13.1. The van der Waals surface area contributed by atoms with Crippen LogP contribution in [0.5, 0.6) is 5.75 Å². The second-order valence-corrected chi connectivity index (χ2v) is 6.21. The number of aliphatic hydroxyl groups is 1. The van der Waals surface area contributed by atoms with Gasteiger partial charge in [-0.05, 0) is 31.0 Å². The first-order chi connectivity index (χ1) is 9.95. The Balaban J connectivity index is 1.90. The molecule has 1 aromatic heterocycles. The van der Waals surface area contributed by atoms with E-state index in [9.17, 15) is 9.32 Å². The highest BCUT2D eigenvalue weighted by Crippen LogP contribution is 2.19. The smallest absolute Gasteiger partial charge is 0.238 e. The molecule has 1 aromatic carbocycles. The first-order valence-corrected chi connectivity index (χ1v) is 8.12. The summed E-state index contributed by atoms with van der Waals surface area (Å²) in [5.41, 5.74) is 2.13. The fraction of sp³-hybridized carbons (Fsp3) is 0.429. The van der Waals surface area contributed by atoms with E-state index >= 15 is 0 Å². The Morgan fingerprint density at radius 1 is 1.43 bits per heavy atom. The van der Waals surface area contributed by atoms with Crippen molar-refractivity contribution in [1.82, 2.24) is 14.8 Å². The van der Waals surface area contributed by atoms with Crippen molar-refractivity contribution in [3.05, 3.63) is 35.7 Å². The van der Waals surface area contributed by atoms with Gasteiger partial charge >= 0.3 is 0 Å². The molecule has 21 heavy (non-hydrogen) atoms. The molecule has 7 heteroatoms. The van der Waals surface area contributed by atoms with E-state index in [2.05, 4.69) is 10.1 Å². The maximum atomic E-state index is 11.2. The van der Waals surface area contributed by atoms with Gasteiger partial charge in [-0.15, -0.1) is 5.10 Å². The van der Waals surface area contributed by atoms with Crippen molar-refractivity contribution in [2.45, 2.75) is 31.7 Å². The van der Waals surface area contributed by atoms with Crippen LogP contribution in [-0.2, 0) is 17.3 Å². The van der Waals surface area contributed by atoms with Crippen molar-refractivity contribution in [1.29, 1.82) is 0 Å². The van der Waals surface area contributed by atoms with Crippen LogP contribution in [0.15, 0.2) is 29.7 Å². The molecule has 0 amide bonds. The van der Waals surface area contributed by atoms with Gasteiger partial charge in [-0.3, -0.25) is 4.21 Å². The predicted molar refractivity (Wildman–Crippen MR) is 79.8 cm³/mol. The van der Waals surface area contributed by atoms with Gasteiger partial charge in [-0.2, -0.15) is 0 Å². The van der Waals surface area contributed by atoms with Crippen LogP contribution in [0.25, 0.3) is 0 Å². The topological polar surface area (TPSA) is 77.2 Å². The molecule has 0 saturated carbocycles. The van der Waals surface area contributed by atoms with E-state index in [-0.39, 0.29) is 18.3 Å². The molecule has 0 radical (unpaired) electrons. The Bertz CT molecular complexity index is 642. The van der Waals surface area contributed by atoms with Gasteiger partial charge in [0, 0.05) is 6.26 Å². The highest BCUT2D eigenvalue weighted by Gasteiger charge is 2.11. The van der Waals surface area contributed by atoms with E-state index in [0.717, 1.165) is 16.9 Å². The Kier molecular flexibility index (Phi) is 5.08. The zero-order valence-electron chi connectivity index (χ0n) is 12.3. The Labute approximate surface area is 126 Å². The van der Waals surface area contributed by atoms with Gasteiger partial charge in [-0.1, -0.05) is 12.1 Å². The number of benzene rings is 1. The van der Waals surface area contributed by atoms with Crippen molar-refractivity contribution in [2.75, 3.05) is 12.9 Å². The average Bonchev–Trinajstić information content (AvgIpc) is 2.88. The molecule has 0 aliphatic heterocycles. The van der Waals surface area contributed by atoms with Gasteiger partial charge in [0.25, 0.3) is 0 Å². The zero-order chi connectivity index (χ0) is 15.4. The first kappa shape index (κ1) is 15.7. The first-order valence-electron chi connectivity index (χ1n) is 6.56. The van der Waals surface area contributed by atoms with E-state index in [4.69, 9.17) is 4.74 Å². The lowest BCUT2D eigenvalue weighted by Gasteiger charge is -2.14. The maximum absolute atomic E-state index is 11.2. The monoisotopic (exact) mass is 309 g/mol. The minimum atomic E-state index is -1.22. The van der Waals surface area contributed by atoms with Crippen molar-refractivity contribution >= 4 is 10.8 Å². The average molecular weight is 309 g/mol. The number of aryl methyl sites for hydroxylation is 2. The van der Waals surface area contributed by atoms with Crippen LogP contribution in [0.4, 0.5) is 0 Å². The SMILES string of the molecule is Cc1ccc(C)c(OC[C@H](O)Cn2cnc([S@](C)=O)n2)c1. The molecular formula is C14H19N3O3S. The van der Waals surface area contributed by atoms with Gasteiger partial charge in [0.1, 0.15) is 24.8 Å². The minimum Gasteiger partial charge on any atom is -0.491 e. The molecule has 0 bridgehead atoms. The molecular weight excluding hydrogens is 290 g/mol. The Hall–Kier alpha value is -1.73. The number of hydrogen-bond donors (Lipinski definition) is 1. The Morgan fingerprint density at radius 3 is 2.86 bits per heavy atom. The molecule has 1 heterocycles. The third-order valence-electron chi connectivity index (χ3n) is 2.95. The maximum Gasteiger partial charge on any atom is 0.238 e. The summed E-state index contributed by atoms with van der Waals surface area (Å²) in [7, 11) is -1.22. The second-order valence-electron chi connectivity index (χ2n) is 4.94. The van der Waals surface area contributed by atoms with E-state index in [0.29, 0.717) is 0 Å². The molecule has 114 valence electrons. The van der Waals surface area contributed by atoms with Crippen LogP contribution in [0.3, 0.4) is 0 Å². The number of ether oxygens (including phenoxy) is 1. The summed E-state index contributed by atoms with van der Waals surface area (Å²) < 4.78 is 18.3. The van der Waals surface area contributed by atoms with E-state index < -0.39 is 16.9 Å². The molecule has 1 N–H and O–H groups in total. The number of rotatable bonds is 6. The van der Waals surface area contributed by atoms with Gasteiger partial charge in [0.05, 0.1) is 17.3 Å². The molecule has 0 aliphatic carbocycles. The lowest BCUT2D eigenvalue weighted by atomic mass is 10.1. The minimum absolute atomic E-state index is 0.161. The van der Waals surface area contributed by atoms with E-state index in [1.54, 1.807) is 0 Å². The van der Waals surface area contributed by atoms with Crippen LogP contribution >= 0.6 is 0 Å².